The fourth-order valence-corrected chi connectivity index (χ4v) is 1.09. The van der Waals surface area contributed by atoms with E-state index in [1.54, 1.807) is 0 Å². The molecule has 3 N–H and O–H groups in total. The van der Waals surface area contributed by atoms with Gasteiger partial charge in [0.2, 0.25) is 5.91 Å². The van der Waals surface area contributed by atoms with Gasteiger partial charge < -0.3 is 15.5 Å². The molecule has 0 aliphatic rings. The zero-order chi connectivity index (χ0) is 11.1. The standard InChI is InChI=1S/C7H10BrNO5/c8-2-1-5(10)9-4(7(13)14)3-6(11)12/h4H,1-3H2,(H,9,10)(H,11,12)(H,13,14)/t4-/m0/s1. The Balaban J connectivity index is 4.16. The number of carbonyl (C=O) groups excluding carboxylic acids is 1. The Morgan fingerprint density at radius 1 is 1.29 bits per heavy atom. The average Bonchev–Trinajstić information content (AvgIpc) is 2.02. The molecule has 14 heavy (non-hydrogen) atoms. The van der Waals surface area contributed by atoms with Crippen molar-refractivity contribution < 1.29 is 24.6 Å². The van der Waals surface area contributed by atoms with E-state index < -0.39 is 30.3 Å². The molecular formula is C7H10BrNO5. The highest BCUT2D eigenvalue weighted by Gasteiger charge is 2.22. The van der Waals surface area contributed by atoms with Gasteiger partial charge in [-0.3, -0.25) is 9.59 Å². The predicted molar refractivity (Wildman–Crippen MR) is 50.2 cm³/mol. The molecule has 0 heterocycles. The molecule has 80 valence electrons. The highest BCUT2D eigenvalue weighted by atomic mass is 79.9. The summed E-state index contributed by atoms with van der Waals surface area (Å²) in [5.41, 5.74) is 0. The van der Waals surface area contributed by atoms with Gasteiger partial charge in [0, 0.05) is 11.8 Å². The van der Waals surface area contributed by atoms with Gasteiger partial charge in [0.25, 0.3) is 0 Å². The molecule has 7 heteroatoms. The average molecular weight is 268 g/mol. The van der Waals surface area contributed by atoms with Gasteiger partial charge >= 0.3 is 11.9 Å². The molecule has 0 bridgehead atoms. The van der Waals surface area contributed by atoms with Crippen LogP contribution in [0.1, 0.15) is 12.8 Å². The van der Waals surface area contributed by atoms with Crippen LogP contribution < -0.4 is 5.32 Å². The molecule has 1 atom stereocenters. The summed E-state index contributed by atoms with van der Waals surface area (Å²) in [6.07, 6.45) is -0.507. The van der Waals surface area contributed by atoms with Crippen LogP contribution in [0.3, 0.4) is 0 Å². The van der Waals surface area contributed by atoms with E-state index in [4.69, 9.17) is 10.2 Å². The van der Waals surface area contributed by atoms with Gasteiger partial charge in [-0.05, 0) is 0 Å². The zero-order valence-corrected chi connectivity index (χ0v) is 8.78. The third-order valence-corrected chi connectivity index (χ3v) is 1.73. The minimum Gasteiger partial charge on any atom is -0.481 e. The molecule has 0 spiro atoms. The molecule has 0 aliphatic heterocycles. The van der Waals surface area contributed by atoms with E-state index in [2.05, 4.69) is 21.2 Å². The molecule has 0 saturated heterocycles. The van der Waals surface area contributed by atoms with Crippen molar-refractivity contribution in [2.75, 3.05) is 5.33 Å². The van der Waals surface area contributed by atoms with Crippen LogP contribution >= 0.6 is 15.9 Å². The molecule has 0 aliphatic carbocycles. The van der Waals surface area contributed by atoms with Crippen LogP contribution in [0.2, 0.25) is 0 Å². The number of alkyl halides is 1. The Morgan fingerprint density at radius 2 is 1.86 bits per heavy atom. The predicted octanol–water partition coefficient (Wildman–Crippen LogP) is -0.185. The normalized spacial score (nSPS) is 11.8. The fraction of sp³-hybridized carbons (Fsp3) is 0.571. The minimum absolute atomic E-state index is 0.114. The second-order valence-corrected chi connectivity index (χ2v) is 3.29. The number of carboxylic acids is 2. The number of halogens is 1. The monoisotopic (exact) mass is 267 g/mol. The summed E-state index contributed by atoms with van der Waals surface area (Å²) in [7, 11) is 0. The highest BCUT2D eigenvalue weighted by molar-refractivity contribution is 9.09. The van der Waals surface area contributed by atoms with E-state index in [-0.39, 0.29) is 6.42 Å². The molecule has 0 rings (SSSR count). The summed E-state index contributed by atoms with van der Waals surface area (Å²) in [5.74, 6) is -3.11. The number of carboxylic acid groups (broad SMARTS) is 2. The number of nitrogens with one attached hydrogen (secondary N) is 1. The lowest BCUT2D eigenvalue weighted by atomic mass is 10.2. The number of hydrogen-bond acceptors (Lipinski definition) is 3. The van der Waals surface area contributed by atoms with Gasteiger partial charge in [0.05, 0.1) is 6.42 Å². The molecule has 6 nitrogen and oxygen atoms in total. The summed E-state index contributed by atoms with van der Waals surface area (Å²) in [6, 6.07) is -1.36. The molecule has 0 saturated carbocycles. The number of aliphatic carboxylic acids is 2. The Labute approximate surface area is 88.4 Å². The van der Waals surface area contributed by atoms with E-state index in [0.717, 1.165) is 0 Å². The topological polar surface area (TPSA) is 104 Å². The molecule has 0 radical (unpaired) electrons. The number of hydrogen-bond donors (Lipinski definition) is 3. The van der Waals surface area contributed by atoms with Crippen molar-refractivity contribution in [3.8, 4) is 0 Å². The lowest BCUT2D eigenvalue weighted by Gasteiger charge is -2.11. The molecular weight excluding hydrogens is 258 g/mol. The molecule has 0 aromatic carbocycles. The first kappa shape index (κ1) is 12.9. The maximum Gasteiger partial charge on any atom is 0.326 e. The first-order valence-corrected chi connectivity index (χ1v) is 4.89. The highest BCUT2D eigenvalue weighted by Crippen LogP contribution is 1.95. The van der Waals surface area contributed by atoms with Crippen molar-refractivity contribution in [3.63, 3.8) is 0 Å². The van der Waals surface area contributed by atoms with Crippen LogP contribution in [0.4, 0.5) is 0 Å². The summed E-state index contributed by atoms with van der Waals surface area (Å²) < 4.78 is 0. The third-order valence-electron chi connectivity index (χ3n) is 1.33. The van der Waals surface area contributed by atoms with Crippen LogP contribution in [0.5, 0.6) is 0 Å². The van der Waals surface area contributed by atoms with Crippen molar-refractivity contribution in [1.82, 2.24) is 5.32 Å². The SMILES string of the molecule is O=C(O)C[C@H](NC(=O)CCBr)C(=O)O. The third kappa shape index (κ3) is 5.52. The summed E-state index contributed by atoms with van der Waals surface area (Å²) in [6.45, 7) is 0. The largest absolute Gasteiger partial charge is 0.481 e. The van der Waals surface area contributed by atoms with E-state index in [0.29, 0.717) is 5.33 Å². The van der Waals surface area contributed by atoms with Gasteiger partial charge in [0.1, 0.15) is 6.04 Å². The molecule has 0 fully saturated rings. The lowest BCUT2D eigenvalue weighted by Crippen LogP contribution is -2.42. The maximum absolute atomic E-state index is 10.9. The van der Waals surface area contributed by atoms with Crippen molar-refractivity contribution in [3.05, 3.63) is 0 Å². The van der Waals surface area contributed by atoms with Crippen molar-refractivity contribution in [2.24, 2.45) is 0 Å². The summed E-state index contributed by atoms with van der Waals surface area (Å²) in [5, 5.41) is 19.4. The fourth-order valence-electron chi connectivity index (χ4n) is 0.727. The van der Waals surface area contributed by atoms with Crippen LogP contribution in [-0.4, -0.2) is 39.4 Å². The van der Waals surface area contributed by atoms with Crippen LogP contribution in [0.15, 0.2) is 0 Å². The smallest absolute Gasteiger partial charge is 0.326 e. The van der Waals surface area contributed by atoms with Crippen molar-refractivity contribution in [1.29, 1.82) is 0 Å². The Hall–Kier alpha value is -1.11. The van der Waals surface area contributed by atoms with E-state index >= 15 is 0 Å². The van der Waals surface area contributed by atoms with Gasteiger partial charge in [-0.2, -0.15) is 0 Å². The molecule has 0 aromatic heterocycles. The van der Waals surface area contributed by atoms with Gasteiger partial charge in [-0.15, -0.1) is 0 Å². The van der Waals surface area contributed by atoms with E-state index in [1.807, 2.05) is 0 Å². The Morgan fingerprint density at radius 3 is 2.21 bits per heavy atom. The summed E-state index contributed by atoms with van der Waals surface area (Å²) >= 11 is 3.00. The van der Waals surface area contributed by atoms with Crippen LogP contribution in [0, 0.1) is 0 Å². The minimum atomic E-state index is -1.36. The second kappa shape index (κ2) is 6.36. The van der Waals surface area contributed by atoms with Crippen molar-refractivity contribution >= 4 is 33.8 Å². The molecule has 0 aromatic rings. The number of rotatable bonds is 6. The van der Waals surface area contributed by atoms with Crippen LogP contribution in [0.25, 0.3) is 0 Å². The molecule has 0 unspecified atom stereocenters. The van der Waals surface area contributed by atoms with Gasteiger partial charge in [-0.25, -0.2) is 4.79 Å². The quantitative estimate of drug-likeness (QED) is 0.579. The number of amides is 1. The maximum atomic E-state index is 10.9. The first-order chi connectivity index (χ1) is 6.47. The second-order valence-electron chi connectivity index (χ2n) is 2.50. The van der Waals surface area contributed by atoms with Crippen molar-refractivity contribution in [2.45, 2.75) is 18.9 Å². The summed E-state index contributed by atoms with van der Waals surface area (Å²) in [4.78, 5) is 31.7. The van der Waals surface area contributed by atoms with E-state index in [1.165, 1.54) is 0 Å². The van der Waals surface area contributed by atoms with Gasteiger partial charge in [0.15, 0.2) is 0 Å². The molecule has 1 amide bonds. The first-order valence-electron chi connectivity index (χ1n) is 3.77. The Kier molecular flexibility index (Phi) is 5.86. The Bertz CT molecular complexity index is 242. The van der Waals surface area contributed by atoms with Gasteiger partial charge in [-0.1, -0.05) is 15.9 Å². The van der Waals surface area contributed by atoms with Crippen LogP contribution in [-0.2, 0) is 14.4 Å². The zero-order valence-electron chi connectivity index (χ0n) is 7.20. The number of carbonyl (C=O) groups is 3. The van der Waals surface area contributed by atoms with E-state index in [9.17, 15) is 14.4 Å². The lowest BCUT2D eigenvalue weighted by molar-refractivity contribution is -0.147.